The van der Waals surface area contributed by atoms with Gasteiger partial charge in [0.05, 0.1) is 6.07 Å². The van der Waals surface area contributed by atoms with E-state index in [9.17, 15) is 9.59 Å². The van der Waals surface area contributed by atoms with Gasteiger partial charge in [-0.3, -0.25) is 4.79 Å². The quantitative estimate of drug-likeness (QED) is 0.606. The van der Waals surface area contributed by atoms with Gasteiger partial charge in [-0.15, -0.1) is 0 Å². The summed E-state index contributed by atoms with van der Waals surface area (Å²) in [6, 6.07) is 10.3. The van der Waals surface area contributed by atoms with Gasteiger partial charge in [0.25, 0.3) is 5.91 Å². The van der Waals surface area contributed by atoms with Crippen molar-refractivity contribution in [1.82, 2.24) is 10.2 Å². The van der Waals surface area contributed by atoms with Gasteiger partial charge in [-0.25, -0.2) is 9.69 Å². The standard InChI is InChI=1S/C12H11N3O2/c1-12(9-5-3-2-4-6-9)10(16)15(8-7-13)11(17)14-12/h2-6H,8H2,1H3,(H,14,17)/t12-/m1/s1. The molecule has 0 spiro atoms. The van der Waals surface area contributed by atoms with Crippen molar-refractivity contribution in [2.45, 2.75) is 12.5 Å². The van der Waals surface area contributed by atoms with Crippen molar-refractivity contribution in [3.8, 4) is 6.07 Å². The zero-order chi connectivity index (χ0) is 12.5. The molecular weight excluding hydrogens is 218 g/mol. The summed E-state index contributed by atoms with van der Waals surface area (Å²) in [5.74, 6) is -0.393. The zero-order valence-corrected chi connectivity index (χ0v) is 9.30. The maximum Gasteiger partial charge on any atom is 0.326 e. The Morgan fingerprint density at radius 2 is 2.00 bits per heavy atom. The van der Waals surface area contributed by atoms with Crippen LogP contribution in [0.2, 0.25) is 0 Å². The van der Waals surface area contributed by atoms with Crippen LogP contribution in [0.1, 0.15) is 12.5 Å². The van der Waals surface area contributed by atoms with Crippen LogP contribution in [-0.4, -0.2) is 23.4 Å². The van der Waals surface area contributed by atoms with E-state index in [2.05, 4.69) is 5.32 Å². The highest BCUT2D eigenvalue weighted by molar-refractivity contribution is 6.07. The minimum Gasteiger partial charge on any atom is -0.319 e. The lowest BCUT2D eigenvalue weighted by atomic mass is 9.92. The molecule has 1 aromatic carbocycles. The monoisotopic (exact) mass is 229 g/mol. The Hall–Kier alpha value is -2.35. The number of imide groups is 1. The smallest absolute Gasteiger partial charge is 0.319 e. The number of rotatable bonds is 2. The van der Waals surface area contributed by atoms with Crippen LogP contribution >= 0.6 is 0 Å². The van der Waals surface area contributed by atoms with Crippen LogP contribution in [0.4, 0.5) is 4.79 Å². The van der Waals surface area contributed by atoms with Crippen molar-refractivity contribution in [2.75, 3.05) is 6.54 Å². The van der Waals surface area contributed by atoms with E-state index in [1.54, 1.807) is 37.3 Å². The van der Waals surface area contributed by atoms with Crippen molar-refractivity contribution >= 4 is 11.9 Å². The van der Waals surface area contributed by atoms with E-state index in [1.807, 2.05) is 6.07 Å². The average molecular weight is 229 g/mol. The lowest BCUT2D eigenvalue weighted by Gasteiger charge is -2.21. The van der Waals surface area contributed by atoms with Crippen molar-refractivity contribution in [2.24, 2.45) is 0 Å². The average Bonchev–Trinajstić information content (AvgIpc) is 2.56. The summed E-state index contributed by atoms with van der Waals surface area (Å²) in [4.78, 5) is 24.6. The lowest BCUT2D eigenvalue weighted by molar-refractivity contribution is -0.130. The highest BCUT2D eigenvalue weighted by atomic mass is 16.2. The molecule has 1 aliphatic rings. The first-order valence-electron chi connectivity index (χ1n) is 5.16. The predicted octanol–water partition coefficient (Wildman–Crippen LogP) is 0.977. The maximum absolute atomic E-state index is 12.1. The molecule has 86 valence electrons. The van der Waals surface area contributed by atoms with Crippen LogP contribution in [0.15, 0.2) is 30.3 Å². The molecule has 1 saturated heterocycles. The summed E-state index contributed by atoms with van der Waals surface area (Å²) < 4.78 is 0. The lowest BCUT2D eigenvalue weighted by Crippen LogP contribution is -2.40. The third-order valence-corrected chi connectivity index (χ3v) is 2.85. The Kier molecular flexibility index (Phi) is 2.56. The molecule has 1 atom stereocenters. The number of nitriles is 1. The number of urea groups is 1. The fraction of sp³-hybridized carbons (Fsp3) is 0.250. The van der Waals surface area contributed by atoms with E-state index in [0.29, 0.717) is 5.56 Å². The molecule has 1 N–H and O–H groups in total. The number of amides is 3. The summed E-state index contributed by atoms with van der Waals surface area (Å²) in [5, 5.41) is 11.2. The third-order valence-electron chi connectivity index (χ3n) is 2.85. The van der Waals surface area contributed by atoms with Crippen LogP contribution in [-0.2, 0) is 10.3 Å². The molecule has 5 heteroatoms. The topological polar surface area (TPSA) is 73.2 Å². The fourth-order valence-corrected chi connectivity index (χ4v) is 1.88. The van der Waals surface area contributed by atoms with Gasteiger partial charge < -0.3 is 5.32 Å². The molecule has 0 saturated carbocycles. The van der Waals surface area contributed by atoms with E-state index in [4.69, 9.17) is 5.26 Å². The minimum absolute atomic E-state index is 0.229. The van der Waals surface area contributed by atoms with Gasteiger partial charge in [-0.05, 0) is 12.5 Å². The second kappa shape index (κ2) is 3.91. The molecular formula is C12H11N3O2. The predicted molar refractivity (Wildman–Crippen MR) is 59.7 cm³/mol. The minimum atomic E-state index is -1.07. The van der Waals surface area contributed by atoms with Gasteiger partial charge >= 0.3 is 6.03 Å². The van der Waals surface area contributed by atoms with Crippen molar-refractivity contribution in [3.05, 3.63) is 35.9 Å². The number of nitrogens with zero attached hydrogens (tertiary/aromatic N) is 2. The Morgan fingerprint density at radius 1 is 1.35 bits per heavy atom. The van der Waals surface area contributed by atoms with Gasteiger partial charge in [-0.1, -0.05) is 30.3 Å². The largest absolute Gasteiger partial charge is 0.326 e. The Bertz CT molecular complexity index is 506. The van der Waals surface area contributed by atoms with Crippen molar-refractivity contribution in [3.63, 3.8) is 0 Å². The molecule has 3 amide bonds. The first kappa shape index (κ1) is 11.1. The number of hydrogen-bond donors (Lipinski definition) is 1. The summed E-state index contributed by atoms with van der Waals surface area (Å²) >= 11 is 0. The highest BCUT2D eigenvalue weighted by Crippen LogP contribution is 2.28. The van der Waals surface area contributed by atoms with Gasteiger partial charge in [0, 0.05) is 0 Å². The summed E-state index contributed by atoms with van der Waals surface area (Å²) in [6.07, 6.45) is 0. The van der Waals surface area contributed by atoms with Crippen LogP contribution in [0, 0.1) is 11.3 Å². The number of carbonyl (C=O) groups excluding carboxylic acids is 2. The molecule has 0 aromatic heterocycles. The first-order chi connectivity index (χ1) is 8.09. The molecule has 2 rings (SSSR count). The molecule has 1 aromatic rings. The Morgan fingerprint density at radius 3 is 2.59 bits per heavy atom. The van der Waals surface area contributed by atoms with Crippen LogP contribution in [0.3, 0.4) is 0 Å². The van der Waals surface area contributed by atoms with Gasteiger partial charge in [-0.2, -0.15) is 5.26 Å². The third kappa shape index (κ3) is 1.64. The van der Waals surface area contributed by atoms with Gasteiger partial charge in [0.15, 0.2) is 0 Å². The number of carbonyl (C=O) groups is 2. The molecule has 0 bridgehead atoms. The fourth-order valence-electron chi connectivity index (χ4n) is 1.88. The van der Waals surface area contributed by atoms with Crippen LogP contribution in [0.25, 0.3) is 0 Å². The SMILES string of the molecule is C[C@]1(c2ccccc2)NC(=O)N(CC#N)C1=O. The van der Waals surface area contributed by atoms with Crippen LogP contribution < -0.4 is 5.32 Å². The number of benzene rings is 1. The Labute approximate surface area is 98.6 Å². The summed E-state index contributed by atoms with van der Waals surface area (Å²) in [5.41, 5.74) is -0.367. The van der Waals surface area contributed by atoms with Crippen LogP contribution in [0.5, 0.6) is 0 Å². The number of nitrogens with one attached hydrogen (secondary N) is 1. The molecule has 1 heterocycles. The van der Waals surface area contributed by atoms with E-state index >= 15 is 0 Å². The molecule has 5 nitrogen and oxygen atoms in total. The Balaban J connectivity index is 2.39. The van der Waals surface area contributed by atoms with E-state index < -0.39 is 17.5 Å². The maximum atomic E-state index is 12.1. The number of hydrogen-bond acceptors (Lipinski definition) is 3. The summed E-state index contributed by atoms with van der Waals surface area (Å²) in [6.45, 7) is 1.41. The van der Waals surface area contributed by atoms with Gasteiger partial charge in [0.2, 0.25) is 0 Å². The van der Waals surface area contributed by atoms with Gasteiger partial charge in [0.1, 0.15) is 12.1 Å². The van der Waals surface area contributed by atoms with Crippen molar-refractivity contribution in [1.29, 1.82) is 5.26 Å². The molecule has 1 aliphatic heterocycles. The highest BCUT2D eigenvalue weighted by Gasteiger charge is 2.48. The van der Waals surface area contributed by atoms with Crippen molar-refractivity contribution < 1.29 is 9.59 Å². The van der Waals surface area contributed by atoms with E-state index in [1.165, 1.54) is 0 Å². The molecule has 17 heavy (non-hydrogen) atoms. The molecule has 0 radical (unpaired) electrons. The summed E-state index contributed by atoms with van der Waals surface area (Å²) in [7, 11) is 0. The second-order valence-electron chi connectivity index (χ2n) is 3.97. The second-order valence-corrected chi connectivity index (χ2v) is 3.97. The van der Waals surface area contributed by atoms with E-state index in [-0.39, 0.29) is 6.54 Å². The molecule has 0 unspecified atom stereocenters. The zero-order valence-electron chi connectivity index (χ0n) is 9.30. The van der Waals surface area contributed by atoms with E-state index in [0.717, 1.165) is 4.90 Å². The first-order valence-corrected chi connectivity index (χ1v) is 5.16. The normalized spacial score (nSPS) is 23.4. The molecule has 0 aliphatic carbocycles. The molecule has 1 fully saturated rings.